The van der Waals surface area contributed by atoms with Gasteiger partial charge in [0.15, 0.2) is 11.5 Å². The number of carbonyl (C=O) groups is 2. The number of hydrogen-bond acceptors (Lipinski definition) is 5. The van der Waals surface area contributed by atoms with Crippen molar-refractivity contribution in [2.24, 2.45) is 0 Å². The van der Waals surface area contributed by atoms with Crippen LogP contribution in [0.1, 0.15) is 30.5 Å². The lowest BCUT2D eigenvalue weighted by molar-refractivity contribution is -0.138. The van der Waals surface area contributed by atoms with Crippen molar-refractivity contribution in [2.75, 3.05) is 33.0 Å². The highest BCUT2D eigenvalue weighted by molar-refractivity contribution is 5.79. The third-order valence-corrected chi connectivity index (χ3v) is 6.06. The second-order valence-corrected chi connectivity index (χ2v) is 7.87. The average molecular weight is 420 g/mol. The molecule has 8 heteroatoms. The molecule has 0 N–H and O–H groups in total. The number of ether oxygens (including phenoxy) is 2. The van der Waals surface area contributed by atoms with Crippen LogP contribution in [0.5, 0.6) is 11.5 Å². The second-order valence-electron chi connectivity index (χ2n) is 7.87. The minimum atomic E-state index is -0.190. The maximum Gasteiger partial charge on any atom is 0.231 e. The summed E-state index contributed by atoms with van der Waals surface area (Å²) >= 11 is 0. The maximum absolute atomic E-state index is 13.3. The molecule has 160 valence electrons. The van der Waals surface area contributed by atoms with Crippen molar-refractivity contribution in [3.05, 3.63) is 60.0 Å². The Bertz CT molecular complexity index is 1130. The summed E-state index contributed by atoms with van der Waals surface area (Å²) < 4.78 is 13.0. The first kappa shape index (κ1) is 19.4. The molecule has 8 nitrogen and oxygen atoms in total. The largest absolute Gasteiger partial charge is 0.454 e. The fourth-order valence-corrected chi connectivity index (χ4v) is 4.31. The Kier molecular flexibility index (Phi) is 4.97. The molecule has 0 saturated carbocycles. The van der Waals surface area contributed by atoms with Crippen LogP contribution < -0.4 is 9.47 Å². The number of aromatic nitrogens is 2. The third-order valence-electron chi connectivity index (χ3n) is 6.06. The summed E-state index contributed by atoms with van der Waals surface area (Å²) in [5.41, 5.74) is 2.77. The van der Waals surface area contributed by atoms with E-state index in [4.69, 9.17) is 9.47 Å². The number of hydrogen-bond donors (Lipinski definition) is 0. The number of nitrogens with zero attached hydrogens (tertiary/aromatic N) is 4. The minimum absolute atomic E-state index is 0.0519. The zero-order valence-corrected chi connectivity index (χ0v) is 17.4. The first-order valence-corrected chi connectivity index (χ1v) is 10.4. The molecule has 1 fully saturated rings. The van der Waals surface area contributed by atoms with E-state index in [0.717, 1.165) is 16.9 Å². The van der Waals surface area contributed by atoms with E-state index < -0.39 is 0 Å². The minimum Gasteiger partial charge on any atom is -0.454 e. The Morgan fingerprint density at radius 1 is 1.03 bits per heavy atom. The molecule has 31 heavy (non-hydrogen) atoms. The van der Waals surface area contributed by atoms with Crippen molar-refractivity contribution in [1.29, 1.82) is 0 Å². The van der Waals surface area contributed by atoms with Gasteiger partial charge in [0.25, 0.3) is 0 Å². The lowest BCUT2D eigenvalue weighted by Crippen LogP contribution is -2.50. The van der Waals surface area contributed by atoms with Crippen molar-refractivity contribution in [2.45, 2.75) is 19.3 Å². The number of benzene rings is 1. The maximum atomic E-state index is 13.3. The molecule has 0 bridgehead atoms. The average Bonchev–Trinajstić information content (AvgIpc) is 3.44. The monoisotopic (exact) mass is 420 g/mol. The van der Waals surface area contributed by atoms with Crippen LogP contribution in [0, 0.1) is 0 Å². The van der Waals surface area contributed by atoms with Gasteiger partial charge in [0.05, 0.1) is 5.69 Å². The van der Waals surface area contributed by atoms with Crippen molar-refractivity contribution in [3.8, 4) is 11.5 Å². The van der Waals surface area contributed by atoms with E-state index in [9.17, 15) is 9.59 Å². The van der Waals surface area contributed by atoms with Gasteiger partial charge in [0.1, 0.15) is 5.65 Å². The summed E-state index contributed by atoms with van der Waals surface area (Å²) in [7, 11) is 0. The van der Waals surface area contributed by atoms with Gasteiger partial charge in [-0.15, -0.1) is 0 Å². The van der Waals surface area contributed by atoms with E-state index in [1.165, 1.54) is 0 Å². The Balaban J connectivity index is 1.45. The Hall–Kier alpha value is -3.55. The third kappa shape index (κ3) is 3.69. The number of fused-ring (bicyclic) bond motifs is 2. The van der Waals surface area contributed by atoms with Crippen molar-refractivity contribution < 1.29 is 19.1 Å². The van der Waals surface area contributed by atoms with Gasteiger partial charge in [0.2, 0.25) is 18.6 Å². The van der Waals surface area contributed by atoms with Gasteiger partial charge in [-0.3, -0.25) is 9.59 Å². The first-order valence-electron chi connectivity index (χ1n) is 10.4. The molecule has 5 rings (SSSR count). The van der Waals surface area contributed by atoms with Crippen molar-refractivity contribution in [1.82, 2.24) is 19.2 Å². The van der Waals surface area contributed by atoms with E-state index in [-0.39, 0.29) is 24.5 Å². The number of imidazole rings is 1. The molecule has 1 aromatic carbocycles. The van der Waals surface area contributed by atoms with Gasteiger partial charge in [-0.25, -0.2) is 4.98 Å². The van der Waals surface area contributed by atoms with Crippen LogP contribution in [0.25, 0.3) is 5.65 Å². The molecule has 1 saturated heterocycles. The van der Waals surface area contributed by atoms with Gasteiger partial charge in [-0.1, -0.05) is 12.1 Å². The van der Waals surface area contributed by atoms with Crippen LogP contribution >= 0.6 is 0 Å². The molecule has 0 radical (unpaired) electrons. The lowest BCUT2D eigenvalue weighted by atomic mass is 9.91. The summed E-state index contributed by atoms with van der Waals surface area (Å²) in [5, 5.41) is 0. The zero-order valence-electron chi connectivity index (χ0n) is 17.4. The Morgan fingerprint density at radius 3 is 2.61 bits per heavy atom. The summed E-state index contributed by atoms with van der Waals surface area (Å²) in [5.74, 6) is 1.34. The molecule has 3 aromatic rings. The predicted molar refractivity (Wildman–Crippen MR) is 113 cm³/mol. The molecule has 0 spiro atoms. The quantitative estimate of drug-likeness (QED) is 0.647. The van der Waals surface area contributed by atoms with Gasteiger partial charge in [-0.2, -0.15) is 0 Å². The smallest absolute Gasteiger partial charge is 0.231 e. The number of rotatable bonds is 4. The number of piperazine rings is 1. The van der Waals surface area contributed by atoms with Crippen LogP contribution in [-0.2, 0) is 9.59 Å². The lowest BCUT2D eigenvalue weighted by Gasteiger charge is -2.35. The second kappa shape index (κ2) is 7.94. The van der Waals surface area contributed by atoms with Gasteiger partial charge < -0.3 is 23.7 Å². The Morgan fingerprint density at radius 2 is 1.81 bits per heavy atom. The fraction of sp³-hybridized carbons (Fsp3) is 0.348. The summed E-state index contributed by atoms with van der Waals surface area (Å²) in [4.78, 5) is 33.0. The van der Waals surface area contributed by atoms with Crippen LogP contribution in [0.4, 0.5) is 0 Å². The molecular formula is C23H24N4O4. The molecule has 1 atom stereocenters. The molecule has 0 aliphatic carbocycles. The first-order chi connectivity index (χ1) is 15.1. The number of carbonyl (C=O) groups excluding carboxylic acids is 2. The summed E-state index contributed by atoms with van der Waals surface area (Å²) in [6.45, 7) is 4.03. The molecule has 1 unspecified atom stereocenters. The molecule has 2 aromatic heterocycles. The van der Waals surface area contributed by atoms with E-state index in [0.29, 0.717) is 44.1 Å². The predicted octanol–water partition coefficient (Wildman–Crippen LogP) is 2.28. The van der Waals surface area contributed by atoms with Gasteiger partial charge >= 0.3 is 0 Å². The normalized spacial score (nSPS) is 16.5. The molecule has 2 amide bonds. The van der Waals surface area contributed by atoms with E-state index in [2.05, 4.69) is 4.98 Å². The highest BCUT2D eigenvalue weighted by atomic mass is 16.7. The molecular weight excluding hydrogens is 396 g/mol. The van der Waals surface area contributed by atoms with Gasteiger partial charge in [-0.05, 0) is 29.8 Å². The molecule has 2 aliphatic rings. The van der Waals surface area contributed by atoms with Crippen LogP contribution in [0.3, 0.4) is 0 Å². The van der Waals surface area contributed by atoms with Crippen molar-refractivity contribution in [3.63, 3.8) is 0 Å². The van der Waals surface area contributed by atoms with Gasteiger partial charge in [0, 0.05) is 57.8 Å². The molecule has 2 aliphatic heterocycles. The van der Waals surface area contributed by atoms with Crippen LogP contribution in [0.15, 0.2) is 48.8 Å². The van der Waals surface area contributed by atoms with Crippen LogP contribution in [0.2, 0.25) is 0 Å². The van der Waals surface area contributed by atoms with Crippen molar-refractivity contribution >= 4 is 17.5 Å². The van der Waals surface area contributed by atoms with E-state index in [1.54, 1.807) is 11.8 Å². The standard InChI is InChI=1S/C23H24N4O4/c1-16(28)25-8-10-26(11-9-25)23(29)13-18(17-5-6-20-21(12-17)31-15-30-20)19-14-24-22-4-2-3-7-27(19)22/h2-7,12,14,18H,8-11,13,15H2,1H3. The van der Waals surface area contributed by atoms with E-state index in [1.807, 2.05) is 58.1 Å². The topological polar surface area (TPSA) is 76.4 Å². The molecule has 4 heterocycles. The highest BCUT2D eigenvalue weighted by Gasteiger charge is 2.28. The SMILES string of the molecule is CC(=O)N1CCN(C(=O)CC(c2ccc3c(c2)OCO3)c2cnc3ccccn23)CC1. The number of pyridine rings is 1. The Labute approximate surface area is 180 Å². The fourth-order valence-electron chi connectivity index (χ4n) is 4.31. The number of amides is 2. The van der Waals surface area contributed by atoms with E-state index >= 15 is 0 Å². The van der Waals surface area contributed by atoms with Crippen LogP contribution in [-0.4, -0.2) is 64.0 Å². The summed E-state index contributed by atoms with van der Waals surface area (Å²) in [6, 6.07) is 11.7. The summed E-state index contributed by atoms with van der Waals surface area (Å²) in [6.07, 6.45) is 4.11. The highest BCUT2D eigenvalue weighted by Crippen LogP contribution is 2.38. The zero-order chi connectivity index (χ0) is 21.4.